The Morgan fingerprint density at radius 3 is 2.29 bits per heavy atom. The van der Waals surface area contributed by atoms with Crippen molar-refractivity contribution in [2.75, 3.05) is 10.0 Å². The van der Waals surface area contributed by atoms with E-state index in [2.05, 4.69) is 15.4 Å². The van der Waals surface area contributed by atoms with Crippen molar-refractivity contribution in [3.63, 3.8) is 0 Å². The molecule has 0 bridgehead atoms. The lowest BCUT2D eigenvalue weighted by molar-refractivity contribution is -0.124. The van der Waals surface area contributed by atoms with Crippen molar-refractivity contribution in [2.45, 2.75) is 63.3 Å². The molecule has 2 amide bonds. The number of benzene rings is 2. The minimum atomic E-state index is -3.92. The molecule has 2 aromatic rings. The van der Waals surface area contributed by atoms with Crippen LogP contribution in [0.1, 0.15) is 51.2 Å². The van der Waals surface area contributed by atoms with Gasteiger partial charge in [0, 0.05) is 18.7 Å². The Labute approximate surface area is 183 Å². The van der Waals surface area contributed by atoms with Gasteiger partial charge in [-0.3, -0.25) is 14.3 Å². The lowest BCUT2D eigenvalue weighted by atomic mass is 9.94. The number of carbonyl (C=O) groups is 2. The molecule has 8 heteroatoms. The minimum Gasteiger partial charge on any atom is -0.353 e. The number of hydrogen-bond acceptors (Lipinski definition) is 4. The molecule has 1 aliphatic carbocycles. The maximum absolute atomic E-state index is 13.0. The van der Waals surface area contributed by atoms with Crippen LogP contribution in [-0.4, -0.2) is 26.3 Å². The maximum Gasteiger partial charge on any atom is 0.263 e. The standard InChI is InChI=1S/C23H29N3O4S/c1-5-16(3)24-22(28)23(12-13-23)18-7-9-19(10-8-18)26-31(29,30)21-14-15(2)6-11-20(21)25-17(4)27/h6-11,14,16,26H,5,12-13H2,1-4H3,(H,24,28)(H,25,27). The fourth-order valence-corrected chi connectivity index (χ4v) is 4.75. The molecular formula is C23H29N3O4S. The van der Waals surface area contributed by atoms with Crippen LogP contribution in [0.25, 0.3) is 0 Å². The van der Waals surface area contributed by atoms with Gasteiger partial charge >= 0.3 is 0 Å². The summed E-state index contributed by atoms with van der Waals surface area (Å²) in [4.78, 5) is 24.1. The average molecular weight is 444 g/mol. The average Bonchev–Trinajstić information content (AvgIpc) is 3.51. The Morgan fingerprint density at radius 1 is 1.10 bits per heavy atom. The first-order valence-electron chi connectivity index (χ1n) is 10.4. The van der Waals surface area contributed by atoms with Crippen LogP contribution < -0.4 is 15.4 Å². The molecule has 3 rings (SSSR count). The van der Waals surface area contributed by atoms with Gasteiger partial charge in [0.15, 0.2) is 0 Å². The number of hydrogen-bond donors (Lipinski definition) is 3. The summed E-state index contributed by atoms with van der Waals surface area (Å²) in [7, 11) is -3.92. The van der Waals surface area contributed by atoms with Crippen LogP contribution in [0.15, 0.2) is 47.4 Å². The zero-order valence-electron chi connectivity index (χ0n) is 18.3. The molecule has 166 valence electrons. The van der Waals surface area contributed by atoms with E-state index in [-0.39, 0.29) is 28.4 Å². The lowest BCUT2D eigenvalue weighted by Gasteiger charge is -2.19. The van der Waals surface area contributed by atoms with Gasteiger partial charge in [-0.2, -0.15) is 0 Å². The maximum atomic E-state index is 13.0. The third-order valence-electron chi connectivity index (χ3n) is 5.60. The molecule has 1 aliphatic rings. The van der Waals surface area contributed by atoms with E-state index in [1.807, 2.05) is 13.8 Å². The van der Waals surface area contributed by atoms with Gasteiger partial charge < -0.3 is 10.6 Å². The highest BCUT2D eigenvalue weighted by molar-refractivity contribution is 7.92. The van der Waals surface area contributed by atoms with Crippen LogP contribution in [0.4, 0.5) is 11.4 Å². The SMILES string of the molecule is CCC(C)NC(=O)C1(c2ccc(NS(=O)(=O)c3cc(C)ccc3NC(C)=O)cc2)CC1. The van der Waals surface area contributed by atoms with Crippen LogP contribution in [-0.2, 0) is 25.0 Å². The molecule has 0 saturated heterocycles. The normalized spacial score (nSPS) is 15.6. The molecule has 0 radical (unpaired) electrons. The molecule has 0 aromatic heterocycles. The summed E-state index contributed by atoms with van der Waals surface area (Å²) in [5, 5.41) is 5.61. The minimum absolute atomic E-state index is 0.00151. The van der Waals surface area contributed by atoms with Gasteiger partial charge in [0.1, 0.15) is 4.90 Å². The van der Waals surface area contributed by atoms with Crippen LogP contribution in [0.5, 0.6) is 0 Å². The largest absolute Gasteiger partial charge is 0.353 e. The summed E-state index contributed by atoms with van der Waals surface area (Å²) >= 11 is 0. The van der Waals surface area contributed by atoms with E-state index in [4.69, 9.17) is 0 Å². The van der Waals surface area contributed by atoms with E-state index < -0.39 is 15.4 Å². The number of nitrogens with one attached hydrogen (secondary N) is 3. The van der Waals surface area contributed by atoms with Gasteiger partial charge in [-0.15, -0.1) is 0 Å². The second-order valence-corrected chi connectivity index (χ2v) is 9.88. The van der Waals surface area contributed by atoms with Crippen LogP contribution in [0.3, 0.4) is 0 Å². The van der Waals surface area contributed by atoms with E-state index in [0.29, 0.717) is 5.69 Å². The number of aryl methyl sites for hydroxylation is 1. The van der Waals surface area contributed by atoms with Gasteiger partial charge in [-0.1, -0.05) is 25.1 Å². The van der Waals surface area contributed by atoms with Crippen molar-refractivity contribution in [1.82, 2.24) is 5.32 Å². The second kappa shape index (κ2) is 8.70. The Morgan fingerprint density at radius 2 is 1.74 bits per heavy atom. The summed E-state index contributed by atoms with van der Waals surface area (Å²) < 4.78 is 28.5. The summed E-state index contributed by atoms with van der Waals surface area (Å²) in [5.74, 6) is -0.329. The molecule has 3 N–H and O–H groups in total. The van der Waals surface area contributed by atoms with E-state index in [9.17, 15) is 18.0 Å². The molecule has 1 unspecified atom stereocenters. The molecular weight excluding hydrogens is 414 g/mol. The predicted octanol–water partition coefficient (Wildman–Crippen LogP) is 3.70. The van der Waals surface area contributed by atoms with Crippen molar-refractivity contribution in [2.24, 2.45) is 0 Å². The summed E-state index contributed by atoms with van der Waals surface area (Å²) in [6, 6.07) is 11.9. The first-order chi connectivity index (χ1) is 14.6. The second-order valence-electron chi connectivity index (χ2n) is 8.23. The Hall–Kier alpha value is -2.87. The third kappa shape index (κ3) is 5.07. The molecule has 1 saturated carbocycles. The van der Waals surface area contributed by atoms with E-state index in [0.717, 1.165) is 30.4 Å². The molecule has 7 nitrogen and oxygen atoms in total. The summed E-state index contributed by atoms with van der Waals surface area (Å²) in [6.07, 6.45) is 2.43. The monoisotopic (exact) mass is 443 g/mol. The molecule has 0 heterocycles. The zero-order chi connectivity index (χ0) is 22.8. The predicted molar refractivity (Wildman–Crippen MR) is 122 cm³/mol. The van der Waals surface area contributed by atoms with Gasteiger partial charge in [0.2, 0.25) is 11.8 Å². The molecule has 2 aromatic carbocycles. The molecule has 0 aliphatic heterocycles. The number of anilines is 2. The van der Waals surface area contributed by atoms with Crippen LogP contribution in [0.2, 0.25) is 0 Å². The Bertz CT molecular complexity index is 1090. The first-order valence-corrected chi connectivity index (χ1v) is 11.9. The van der Waals surface area contributed by atoms with E-state index in [1.165, 1.54) is 13.0 Å². The van der Waals surface area contributed by atoms with Crippen molar-refractivity contribution in [3.05, 3.63) is 53.6 Å². The van der Waals surface area contributed by atoms with Crippen molar-refractivity contribution >= 4 is 33.2 Å². The van der Waals surface area contributed by atoms with Crippen LogP contribution >= 0.6 is 0 Å². The smallest absolute Gasteiger partial charge is 0.263 e. The molecule has 1 atom stereocenters. The highest BCUT2D eigenvalue weighted by Gasteiger charge is 2.51. The van der Waals surface area contributed by atoms with Crippen LogP contribution in [0, 0.1) is 6.92 Å². The quantitative estimate of drug-likeness (QED) is 0.579. The molecule has 1 fully saturated rings. The van der Waals surface area contributed by atoms with Gasteiger partial charge in [-0.05, 0) is 68.5 Å². The Balaban J connectivity index is 1.81. The van der Waals surface area contributed by atoms with Gasteiger partial charge in [0.05, 0.1) is 11.1 Å². The topological polar surface area (TPSA) is 104 Å². The first kappa shape index (κ1) is 22.8. The van der Waals surface area contributed by atoms with Crippen molar-refractivity contribution in [1.29, 1.82) is 0 Å². The van der Waals surface area contributed by atoms with Gasteiger partial charge in [0.25, 0.3) is 10.0 Å². The summed E-state index contributed by atoms with van der Waals surface area (Å²) in [5.41, 5.74) is 1.73. The third-order valence-corrected chi connectivity index (χ3v) is 7.02. The fraction of sp³-hybridized carbons (Fsp3) is 0.391. The number of carbonyl (C=O) groups excluding carboxylic acids is 2. The molecule has 31 heavy (non-hydrogen) atoms. The lowest BCUT2D eigenvalue weighted by Crippen LogP contribution is -2.39. The number of amides is 2. The number of sulfonamides is 1. The zero-order valence-corrected chi connectivity index (χ0v) is 19.1. The van der Waals surface area contributed by atoms with E-state index in [1.54, 1.807) is 43.3 Å². The Kier molecular flexibility index (Phi) is 6.40. The molecule has 0 spiro atoms. The number of rotatable bonds is 8. The van der Waals surface area contributed by atoms with Gasteiger partial charge in [-0.25, -0.2) is 8.42 Å². The highest BCUT2D eigenvalue weighted by atomic mass is 32.2. The van der Waals surface area contributed by atoms with Crippen molar-refractivity contribution < 1.29 is 18.0 Å². The van der Waals surface area contributed by atoms with E-state index >= 15 is 0 Å². The fourth-order valence-electron chi connectivity index (χ4n) is 3.45. The van der Waals surface area contributed by atoms with Crippen molar-refractivity contribution in [3.8, 4) is 0 Å². The summed E-state index contributed by atoms with van der Waals surface area (Å²) in [6.45, 7) is 7.11. The highest BCUT2D eigenvalue weighted by Crippen LogP contribution is 2.48.